The molecule has 0 N–H and O–H groups in total. The maximum atomic E-state index is 2.57. The highest BCUT2D eigenvalue weighted by molar-refractivity contribution is 7.34. The second-order valence-corrected chi connectivity index (χ2v) is 25.1. The van der Waals surface area contributed by atoms with Crippen LogP contribution in [0, 0.1) is 0 Å². The molecule has 4 heteroatoms. The molecule has 9 rings (SSSR count). The van der Waals surface area contributed by atoms with Crippen LogP contribution < -0.4 is 0 Å². The summed E-state index contributed by atoms with van der Waals surface area (Å²) >= 11 is 8.36. The van der Waals surface area contributed by atoms with E-state index in [0.29, 0.717) is 0 Å². The van der Waals surface area contributed by atoms with Gasteiger partial charge in [0.1, 0.15) is 0 Å². The minimum atomic E-state index is 1.24. The lowest BCUT2D eigenvalue weighted by atomic mass is 9.97. The molecule has 0 saturated heterocycles. The molecule has 0 radical (unpaired) electrons. The van der Waals surface area contributed by atoms with Crippen LogP contribution in [0.1, 0.15) is 229 Å². The zero-order valence-corrected chi connectivity index (χ0v) is 44.6. The fraction of sp³-hybridized carbons (Fsp3) is 0.581. The van der Waals surface area contributed by atoms with Gasteiger partial charge in [0.15, 0.2) is 0 Å². The van der Waals surface area contributed by atoms with Gasteiger partial charge in [-0.25, -0.2) is 0 Å². The molecular weight excluding hydrogens is 873 g/mol. The summed E-state index contributed by atoms with van der Waals surface area (Å²) in [6, 6.07) is 19.6. The van der Waals surface area contributed by atoms with Gasteiger partial charge >= 0.3 is 0 Å². The fourth-order valence-electron chi connectivity index (χ4n) is 11.9. The molecule has 0 aliphatic heterocycles. The number of benzene rings is 3. The molecule has 0 unspecified atom stereocenters. The predicted molar refractivity (Wildman–Crippen MR) is 307 cm³/mol. The van der Waals surface area contributed by atoms with Crippen molar-refractivity contribution < 1.29 is 0 Å². The van der Waals surface area contributed by atoms with Crippen LogP contribution in [0.5, 0.6) is 0 Å². The van der Waals surface area contributed by atoms with E-state index in [1.807, 2.05) is 0 Å². The van der Waals surface area contributed by atoms with Crippen LogP contribution in [0.15, 0.2) is 48.5 Å². The molecule has 0 aliphatic rings. The zero-order chi connectivity index (χ0) is 44.9. The number of aryl methyl sites for hydroxylation is 2. The monoisotopic (exact) mass is 955 g/mol. The van der Waals surface area contributed by atoms with Crippen LogP contribution >= 0.6 is 45.3 Å². The van der Waals surface area contributed by atoms with Gasteiger partial charge in [-0.1, -0.05) is 243 Å². The predicted octanol–water partition coefficient (Wildman–Crippen LogP) is 23.6. The quantitative estimate of drug-likeness (QED) is 0.0279. The summed E-state index contributed by atoms with van der Waals surface area (Å²) in [7, 11) is 0. The van der Waals surface area contributed by atoms with Crippen molar-refractivity contribution in [1.82, 2.24) is 0 Å². The van der Waals surface area contributed by atoms with E-state index in [2.05, 4.69) is 108 Å². The summed E-state index contributed by atoms with van der Waals surface area (Å²) in [6.07, 6.45) is 48.3. The lowest BCUT2D eigenvalue weighted by Gasteiger charge is -2.07. The highest BCUT2D eigenvalue weighted by Gasteiger charge is 2.26. The van der Waals surface area contributed by atoms with Crippen LogP contribution in [0.2, 0.25) is 0 Å². The van der Waals surface area contributed by atoms with Crippen molar-refractivity contribution in [2.24, 2.45) is 0 Å². The molecule has 4 heterocycles. The van der Waals surface area contributed by atoms with Crippen LogP contribution in [-0.2, 0) is 12.8 Å². The van der Waals surface area contributed by atoms with Gasteiger partial charge in [-0.05, 0) is 70.1 Å². The first-order valence-corrected chi connectivity index (χ1v) is 31.2. The summed E-state index contributed by atoms with van der Waals surface area (Å²) < 4.78 is 9.16. The summed E-state index contributed by atoms with van der Waals surface area (Å²) in [5.41, 5.74) is 0. The summed E-state index contributed by atoms with van der Waals surface area (Å²) in [5, 5.41) is 15.1. The Morgan fingerprint density at radius 1 is 0.273 bits per heavy atom. The molecule has 5 aromatic carbocycles. The molecule has 0 bridgehead atoms. The molecule has 4 aromatic heterocycles. The van der Waals surface area contributed by atoms with Crippen LogP contribution in [0.3, 0.4) is 0 Å². The van der Waals surface area contributed by atoms with Crippen LogP contribution in [0.25, 0.3) is 82.1 Å². The van der Waals surface area contributed by atoms with Crippen molar-refractivity contribution >= 4 is 127 Å². The number of thiophene rings is 4. The van der Waals surface area contributed by atoms with Gasteiger partial charge in [0.25, 0.3) is 0 Å². The summed E-state index contributed by atoms with van der Waals surface area (Å²) in [4.78, 5) is 3.19. The Kier molecular flexibility index (Phi) is 18.3. The first-order chi connectivity index (χ1) is 32.8. The Bertz CT molecular complexity index is 2630. The zero-order valence-electron chi connectivity index (χ0n) is 41.3. The average Bonchev–Trinajstić information content (AvgIpc) is 4.17. The molecule has 0 nitrogen and oxygen atoms in total. The topological polar surface area (TPSA) is 0 Å². The van der Waals surface area contributed by atoms with Crippen LogP contribution in [0.4, 0.5) is 0 Å². The average molecular weight is 956 g/mol. The van der Waals surface area contributed by atoms with E-state index in [1.165, 1.54) is 291 Å². The number of hydrogen-bond acceptors (Lipinski definition) is 4. The molecule has 66 heavy (non-hydrogen) atoms. The highest BCUT2D eigenvalue weighted by atomic mass is 32.1. The first kappa shape index (κ1) is 48.5. The van der Waals surface area contributed by atoms with E-state index in [1.54, 1.807) is 19.2 Å². The maximum Gasteiger partial charge on any atom is 0.0538 e. The smallest absolute Gasteiger partial charge is 0.0538 e. The first-order valence-electron chi connectivity index (χ1n) is 27.9. The van der Waals surface area contributed by atoms with Gasteiger partial charge < -0.3 is 0 Å². The molecule has 0 atom stereocenters. The molecule has 0 spiro atoms. The normalized spacial score (nSPS) is 12.6. The van der Waals surface area contributed by atoms with E-state index in [0.717, 1.165) is 0 Å². The number of rotatable bonds is 34. The van der Waals surface area contributed by atoms with Crippen molar-refractivity contribution in [1.29, 1.82) is 0 Å². The van der Waals surface area contributed by atoms with Crippen molar-refractivity contribution in [2.75, 3.05) is 0 Å². The van der Waals surface area contributed by atoms with Crippen molar-refractivity contribution in [3.63, 3.8) is 0 Å². The molecule has 354 valence electrons. The SMILES string of the molecule is CCCCCCCCCCCCCCCCCCc1cc2sc3c(c4cccc5c4c3c3cccc4c6c7sc(CCCCCCCCCCCCCCCCCC)cc7sc6c5c43)c2s1. The Morgan fingerprint density at radius 3 is 0.848 bits per heavy atom. The van der Waals surface area contributed by atoms with Gasteiger partial charge in [0.2, 0.25) is 0 Å². The van der Waals surface area contributed by atoms with Crippen molar-refractivity contribution in [3.05, 3.63) is 58.3 Å². The van der Waals surface area contributed by atoms with Crippen molar-refractivity contribution in [3.8, 4) is 0 Å². The Balaban J connectivity index is 0.779. The third-order valence-electron chi connectivity index (χ3n) is 15.5. The van der Waals surface area contributed by atoms with Gasteiger partial charge in [-0.3, -0.25) is 0 Å². The second kappa shape index (κ2) is 24.9. The van der Waals surface area contributed by atoms with Gasteiger partial charge in [0.05, 0.1) is 9.40 Å². The largest absolute Gasteiger partial charge is 0.139 e. The second-order valence-electron chi connectivity index (χ2n) is 20.7. The van der Waals surface area contributed by atoms with E-state index >= 15 is 0 Å². The minimum Gasteiger partial charge on any atom is -0.139 e. The molecule has 0 saturated carbocycles. The third-order valence-corrected chi connectivity index (χ3v) is 20.5. The molecule has 9 aromatic rings. The molecular formula is C62H82S4. The molecule has 0 aliphatic carbocycles. The van der Waals surface area contributed by atoms with E-state index in [4.69, 9.17) is 0 Å². The van der Waals surface area contributed by atoms with Gasteiger partial charge in [-0.2, -0.15) is 0 Å². The van der Waals surface area contributed by atoms with E-state index < -0.39 is 0 Å². The van der Waals surface area contributed by atoms with E-state index in [9.17, 15) is 0 Å². The lowest BCUT2D eigenvalue weighted by molar-refractivity contribution is 0.529. The summed E-state index contributed by atoms with van der Waals surface area (Å²) in [5.74, 6) is 0. The van der Waals surface area contributed by atoms with Gasteiger partial charge in [0, 0.05) is 50.1 Å². The van der Waals surface area contributed by atoms with Crippen LogP contribution in [-0.4, -0.2) is 0 Å². The lowest BCUT2D eigenvalue weighted by Crippen LogP contribution is -1.84. The Hall–Kier alpha value is -2.50. The minimum absolute atomic E-state index is 1.24. The summed E-state index contributed by atoms with van der Waals surface area (Å²) in [6.45, 7) is 4.62. The molecule has 0 amide bonds. The highest BCUT2D eigenvalue weighted by Crippen LogP contribution is 2.57. The Morgan fingerprint density at radius 2 is 0.545 bits per heavy atom. The van der Waals surface area contributed by atoms with Gasteiger partial charge in [-0.15, -0.1) is 45.3 Å². The third kappa shape index (κ3) is 11.2. The number of hydrogen-bond donors (Lipinski definition) is 0. The van der Waals surface area contributed by atoms with E-state index in [-0.39, 0.29) is 0 Å². The number of fused-ring (bicyclic) bond motifs is 12. The van der Waals surface area contributed by atoms with Crippen molar-refractivity contribution in [2.45, 2.75) is 232 Å². The Labute approximate surface area is 415 Å². The maximum absolute atomic E-state index is 2.57. The standard InChI is InChI=1S/C62H82S4/c1-3-5-7-9-11-13-15-17-19-21-23-25-27-29-31-33-37-45-43-51-59(63-45)57-49-41-35-39-47-53(49)55(61(57)65-51)48-40-36-42-50-54(48)56(47)62-58(50)60-52(66-62)44-46(64-60)38-34-32-30-28-26-24-22-20-18-16-14-12-10-8-6-4-2/h35-36,39-44H,3-34,37-38H2,1-2H3. The molecule has 0 fully saturated rings. The fourth-order valence-corrected chi connectivity index (χ4v) is 17.5. The number of unbranched alkanes of at least 4 members (excludes halogenated alkanes) is 30.